The molecule has 0 radical (unpaired) electrons. The minimum Gasteiger partial charge on any atom is -0.400 e. The van der Waals surface area contributed by atoms with Crippen LogP contribution in [0.5, 0.6) is 0 Å². The maximum Gasteiger partial charge on any atom is 0.0319 e. The van der Waals surface area contributed by atoms with Crippen LogP contribution in [0.2, 0.25) is 0 Å². The Hall–Kier alpha value is -1.34. The smallest absolute Gasteiger partial charge is 0.0319 e. The molecule has 0 amide bonds. The summed E-state index contributed by atoms with van der Waals surface area (Å²) in [6.45, 7) is 12.2. The fourth-order valence-electron chi connectivity index (χ4n) is 1.13. The molecule has 0 aliphatic carbocycles. The van der Waals surface area contributed by atoms with E-state index in [-0.39, 0.29) is 0 Å². The molecule has 1 nitrogen and oxygen atoms in total. The van der Waals surface area contributed by atoms with Gasteiger partial charge in [-0.2, -0.15) is 0 Å². The van der Waals surface area contributed by atoms with E-state index < -0.39 is 0 Å². The molecule has 110 valence electrons. The highest BCUT2D eigenvalue weighted by Crippen LogP contribution is 2.11. The van der Waals surface area contributed by atoms with Crippen LogP contribution in [0.15, 0.2) is 48.5 Å². The lowest BCUT2D eigenvalue weighted by Crippen LogP contribution is -1.67. The van der Waals surface area contributed by atoms with E-state index in [2.05, 4.69) is 62.4 Å². The highest BCUT2D eigenvalue weighted by atomic mass is 16.2. The highest BCUT2D eigenvalue weighted by molar-refractivity contribution is 5.81. The number of fused-ring (bicyclic) bond motifs is 1. The Kier molecular flexibility index (Phi) is 26.3. The Bertz CT molecular complexity index is 290. The number of benzene rings is 2. The Labute approximate surface area is 120 Å². The summed E-state index contributed by atoms with van der Waals surface area (Å²) in [5.74, 6) is 0. The van der Waals surface area contributed by atoms with Gasteiger partial charge in [0, 0.05) is 7.11 Å². The van der Waals surface area contributed by atoms with Gasteiger partial charge >= 0.3 is 0 Å². The molecule has 0 unspecified atom stereocenters. The summed E-state index contributed by atoms with van der Waals surface area (Å²) in [6.07, 6.45) is 1.25. The molecular formula is C18H32O. The first kappa shape index (κ1) is 22.8. The monoisotopic (exact) mass is 264 g/mol. The van der Waals surface area contributed by atoms with E-state index in [4.69, 9.17) is 5.11 Å². The third-order valence-corrected chi connectivity index (χ3v) is 1.66. The van der Waals surface area contributed by atoms with Gasteiger partial charge < -0.3 is 5.11 Å². The van der Waals surface area contributed by atoms with Crippen molar-refractivity contribution in [3.63, 3.8) is 0 Å². The van der Waals surface area contributed by atoms with E-state index in [1.54, 1.807) is 0 Å². The van der Waals surface area contributed by atoms with E-state index in [0.717, 1.165) is 7.11 Å². The Balaban J connectivity index is -0.000000244. The summed E-state index contributed by atoms with van der Waals surface area (Å²) in [4.78, 5) is 0. The molecule has 0 heterocycles. The van der Waals surface area contributed by atoms with E-state index in [0.29, 0.717) is 0 Å². The number of aliphatic hydroxyl groups excluding tert-OH is 1. The lowest BCUT2D eigenvalue weighted by Gasteiger charge is -1.92. The summed E-state index contributed by atoms with van der Waals surface area (Å²) in [7, 11) is 1.00. The second kappa shape index (κ2) is 21.9. The van der Waals surface area contributed by atoms with Crippen LogP contribution >= 0.6 is 0 Å². The zero-order chi connectivity index (χ0) is 15.5. The quantitative estimate of drug-likeness (QED) is 0.626. The lowest BCUT2D eigenvalue weighted by molar-refractivity contribution is 0.399. The maximum atomic E-state index is 7.00. The average molecular weight is 264 g/mol. The van der Waals surface area contributed by atoms with Crippen LogP contribution in [-0.2, 0) is 0 Å². The molecule has 0 saturated carbocycles. The molecule has 1 heteroatoms. The van der Waals surface area contributed by atoms with Crippen LogP contribution in [-0.4, -0.2) is 12.2 Å². The van der Waals surface area contributed by atoms with Crippen molar-refractivity contribution in [3.05, 3.63) is 48.5 Å². The molecule has 0 saturated heterocycles. The lowest BCUT2D eigenvalue weighted by atomic mass is 10.1. The molecule has 0 aliphatic rings. The van der Waals surface area contributed by atoms with E-state index >= 15 is 0 Å². The van der Waals surface area contributed by atoms with Crippen molar-refractivity contribution < 1.29 is 5.11 Å². The standard InChI is InChI=1S/C10H8.C3H8.2C2H6.CH4O/c1-2-6-10-8-4-3-7-9(10)5-1;1-3-2;3*1-2/h1-8H;3H2,1-2H3;2*1-2H3;2H,1H3. The molecule has 2 rings (SSSR count). The summed E-state index contributed by atoms with van der Waals surface area (Å²) >= 11 is 0. The molecule has 0 fully saturated rings. The molecule has 0 spiro atoms. The molecular weight excluding hydrogens is 232 g/mol. The third kappa shape index (κ3) is 12.9. The molecule has 1 N–H and O–H groups in total. The van der Waals surface area contributed by atoms with Gasteiger partial charge in [-0.05, 0) is 10.8 Å². The van der Waals surface area contributed by atoms with Crippen LogP contribution in [0.25, 0.3) is 10.8 Å². The third-order valence-electron chi connectivity index (χ3n) is 1.66. The zero-order valence-corrected chi connectivity index (χ0v) is 13.8. The number of rotatable bonds is 0. The van der Waals surface area contributed by atoms with Crippen molar-refractivity contribution in [2.45, 2.75) is 48.0 Å². The van der Waals surface area contributed by atoms with Gasteiger partial charge in [0.2, 0.25) is 0 Å². The van der Waals surface area contributed by atoms with Crippen molar-refractivity contribution in [2.24, 2.45) is 0 Å². The van der Waals surface area contributed by atoms with Gasteiger partial charge in [0.15, 0.2) is 0 Å². The van der Waals surface area contributed by atoms with Gasteiger partial charge in [-0.3, -0.25) is 0 Å². The second-order valence-corrected chi connectivity index (χ2v) is 3.05. The topological polar surface area (TPSA) is 20.2 Å². The molecule has 0 aliphatic heterocycles. The second-order valence-electron chi connectivity index (χ2n) is 3.05. The van der Waals surface area contributed by atoms with Crippen LogP contribution in [0.3, 0.4) is 0 Å². The fraction of sp³-hybridized carbons (Fsp3) is 0.444. The van der Waals surface area contributed by atoms with Crippen LogP contribution < -0.4 is 0 Å². The van der Waals surface area contributed by atoms with Crippen molar-refractivity contribution in [1.82, 2.24) is 0 Å². The van der Waals surface area contributed by atoms with Crippen LogP contribution in [0, 0.1) is 0 Å². The van der Waals surface area contributed by atoms with Crippen molar-refractivity contribution >= 4 is 10.8 Å². The zero-order valence-electron chi connectivity index (χ0n) is 13.8. The van der Waals surface area contributed by atoms with Crippen LogP contribution in [0.4, 0.5) is 0 Å². The minimum absolute atomic E-state index is 1.00. The predicted octanol–water partition coefficient (Wildman–Crippen LogP) is 5.92. The number of hydrogen-bond acceptors (Lipinski definition) is 1. The van der Waals surface area contributed by atoms with Gasteiger partial charge in [-0.15, -0.1) is 0 Å². The Morgan fingerprint density at radius 3 is 0.947 bits per heavy atom. The van der Waals surface area contributed by atoms with Gasteiger partial charge in [0.25, 0.3) is 0 Å². The minimum atomic E-state index is 1.00. The van der Waals surface area contributed by atoms with Gasteiger partial charge in [-0.1, -0.05) is 96.5 Å². The van der Waals surface area contributed by atoms with Gasteiger partial charge in [-0.25, -0.2) is 0 Å². The summed E-state index contributed by atoms with van der Waals surface area (Å²) in [5, 5.41) is 9.62. The fourth-order valence-corrected chi connectivity index (χ4v) is 1.13. The average Bonchev–Trinajstić information content (AvgIpc) is 2.54. The first-order valence-electron chi connectivity index (χ1n) is 7.27. The number of hydrogen-bond donors (Lipinski definition) is 1. The summed E-state index contributed by atoms with van der Waals surface area (Å²) in [5.41, 5.74) is 0. The molecule has 0 aromatic heterocycles. The molecule has 2 aromatic carbocycles. The largest absolute Gasteiger partial charge is 0.400 e. The van der Waals surface area contributed by atoms with Crippen molar-refractivity contribution in [1.29, 1.82) is 0 Å². The Morgan fingerprint density at radius 2 is 0.789 bits per heavy atom. The molecule has 2 aromatic rings. The highest BCUT2D eigenvalue weighted by Gasteiger charge is 1.85. The molecule has 0 bridgehead atoms. The molecule has 0 atom stereocenters. The summed E-state index contributed by atoms with van der Waals surface area (Å²) in [6, 6.07) is 16.7. The predicted molar refractivity (Wildman–Crippen MR) is 90.8 cm³/mol. The van der Waals surface area contributed by atoms with E-state index in [1.165, 1.54) is 17.2 Å². The van der Waals surface area contributed by atoms with Gasteiger partial charge in [0.05, 0.1) is 0 Å². The van der Waals surface area contributed by atoms with Crippen LogP contribution in [0.1, 0.15) is 48.0 Å². The van der Waals surface area contributed by atoms with E-state index in [9.17, 15) is 0 Å². The first-order chi connectivity index (χ1) is 9.38. The van der Waals surface area contributed by atoms with Gasteiger partial charge in [0.1, 0.15) is 0 Å². The summed E-state index contributed by atoms with van der Waals surface area (Å²) < 4.78 is 0. The number of aliphatic hydroxyl groups is 1. The Morgan fingerprint density at radius 1 is 0.632 bits per heavy atom. The van der Waals surface area contributed by atoms with Crippen molar-refractivity contribution in [3.8, 4) is 0 Å². The first-order valence-corrected chi connectivity index (χ1v) is 7.27. The SMILES string of the molecule is CC.CC.CCC.CO.c1ccc2ccccc2c1. The van der Waals surface area contributed by atoms with E-state index in [1.807, 2.05) is 27.7 Å². The molecule has 19 heavy (non-hydrogen) atoms. The normalized spacial score (nSPS) is 7.16. The van der Waals surface area contributed by atoms with Crippen molar-refractivity contribution in [2.75, 3.05) is 7.11 Å². The maximum absolute atomic E-state index is 7.00.